The lowest BCUT2D eigenvalue weighted by atomic mass is 10.2. The van der Waals surface area contributed by atoms with Gasteiger partial charge in [-0.05, 0) is 25.7 Å². The van der Waals surface area contributed by atoms with Crippen LogP contribution < -0.4 is 0 Å². The third-order valence-corrected chi connectivity index (χ3v) is 3.34. The highest BCUT2D eigenvalue weighted by Crippen LogP contribution is 2.11. The van der Waals surface area contributed by atoms with Gasteiger partial charge >= 0.3 is 0 Å². The molecule has 0 amide bonds. The van der Waals surface area contributed by atoms with Crippen molar-refractivity contribution in [2.24, 2.45) is 0 Å². The molecule has 0 aliphatic rings. The fraction of sp³-hybridized carbons (Fsp3) is 0.857. The molecule has 0 fully saturated rings. The molecule has 0 aliphatic carbocycles. The van der Waals surface area contributed by atoms with Crippen molar-refractivity contribution in [3.63, 3.8) is 0 Å². The van der Waals surface area contributed by atoms with Crippen LogP contribution in [0.15, 0.2) is 0 Å². The molecule has 0 rings (SSSR count). The van der Waals surface area contributed by atoms with Gasteiger partial charge in [0.2, 0.25) is 6.29 Å². The number of likely N-dealkylation sites (N-methyl/N-ethyl adjacent to an activating group) is 1. The van der Waals surface area contributed by atoms with Crippen LogP contribution in [0.1, 0.15) is 40.0 Å². The first kappa shape index (κ1) is 16.4. The molecule has 0 heterocycles. The number of aliphatic hydroxyl groups excluding tert-OH is 1. The number of quaternary nitrogens is 1. The maximum absolute atomic E-state index is 9.17. The van der Waals surface area contributed by atoms with E-state index in [2.05, 4.69) is 26.7 Å². The first-order valence-electron chi connectivity index (χ1n) is 6.75. The summed E-state index contributed by atoms with van der Waals surface area (Å²) in [4.78, 5) is 0. The molecule has 0 saturated heterocycles. The van der Waals surface area contributed by atoms with Gasteiger partial charge in [0.05, 0.1) is 26.2 Å². The van der Waals surface area contributed by atoms with Gasteiger partial charge in [0.1, 0.15) is 6.54 Å². The number of rotatable bonds is 10. The van der Waals surface area contributed by atoms with E-state index in [9.17, 15) is 0 Å². The molecule has 2 unspecified atom stereocenters. The Morgan fingerprint density at radius 1 is 1.18 bits per heavy atom. The van der Waals surface area contributed by atoms with Crippen molar-refractivity contribution in [3.05, 3.63) is 0 Å². The van der Waals surface area contributed by atoms with E-state index in [1.165, 1.54) is 32.4 Å². The quantitative estimate of drug-likeness (QED) is 0.361. The summed E-state index contributed by atoms with van der Waals surface area (Å²) in [5.74, 6) is 2.17. The Balaban J connectivity index is 4.21. The van der Waals surface area contributed by atoms with E-state index in [0.29, 0.717) is 6.61 Å². The fourth-order valence-electron chi connectivity index (χ4n) is 2.18. The Labute approximate surface area is 106 Å². The van der Waals surface area contributed by atoms with E-state index in [-0.39, 0.29) is 0 Å². The zero-order valence-corrected chi connectivity index (χ0v) is 11.6. The summed E-state index contributed by atoms with van der Waals surface area (Å²) in [7, 11) is 0. The van der Waals surface area contributed by atoms with Crippen LogP contribution in [-0.4, -0.2) is 48.7 Å². The molecule has 0 radical (unpaired) electrons. The van der Waals surface area contributed by atoms with Gasteiger partial charge in [-0.1, -0.05) is 20.3 Å². The van der Waals surface area contributed by atoms with Gasteiger partial charge in [-0.2, -0.15) is 0 Å². The zero-order chi connectivity index (χ0) is 13.1. The average molecular weight is 242 g/mol. The van der Waals surface area contributed by atoms with E-state index in [4.69, 9.17) is 16.3 Å². The highest BCUT2D eigenvalue weighted by molar-refractivity contribution is 4.87. The minimum absolute atomic E-state index is 0.531. The largest absolute Gasteiger partial charge is 0.358 e. The number of aliphatic hydroxyl groups is 1. The van der Waals surface area contributed by atoms with E-state index in [0.717, 1.165) is 17.6 Å². The standard InChI is InChI=1S/C14H28NO2/c1-5-9-11-15(8-4,10-6-2)12-13-17-14(16)7-3/h3,14,16H,5-6,8-13H2,1-2,4H3/q+1. The second-order valence-corrected chi connectivity index (χ2v) is 4.57. The second-order valence-electron chi connectivity index (χ2n) is 4.57. The van der Waals surface area contributed by atoms with Gasteiger partial charge < -0.3 is 14.3 Å². The summed E-state index contributed by atoms with van der Waals surface area (Å²) in [6.45, 7) is 11.6. The van der Waals surface area contributed by atoms with Gasteiger partial charge in [-0.3, -0.25) is 0 Å². The Morgan fingerprint density at radius 3 is 2.35 bits per heavy atom. The molecule has 0 aromatic carbocycles. The van der Waals surface area contributed by atoms with Crippen LogP contribution in [0.2, 0.25) is 0 Å². The highest BCUT2D eigenvalue weighted by Gasteiger charge is 2.23. The molecular formula is C14H28NO2+. The third kappa shape index (κ3) is 6.68. The molecule has 0 bridgehead atoms. The zero-order valence-electron chi connectivity index (χ0n) is 11.6. The maximum Gasteiger partial charge on any atom is 0.219 e. The smallest absolute Gasteiger partial charge is 0.219 e. The normalized spacial score (nSPS) is 16.2. The SMILES string of the molecule is C#CC(O)OCC[N+](CC)(CCC)CCCC. The van der Waals surface area contributed by atoms with Crippen molar-refractivity contribution in [2.45, 2.75) is 46.3 Å². The molecule has 1 N–H and O–H groups in total. The van der Waals surface area contributed by atoms with Crippen LogP contribution in [-0.2, 0) is 4.74 Å². The summed E-state index contributed by atoms with van der Waals surface area (Å²) < 4.78 is 6.25. The van der Waals surface area contributed by atoms with Crippen molar-refractivity contribution in [1.29, 1.82) is 0 Å². The van der Waals surface area contributed by atoms with Crippen molar-refractivity contribution < 1.29 is 14.3 Å². The fourth-order valence-corrected chi connectivity index (χ4v) is 2.18. The monoisotopic (exact) mass is 242 g/mol. The number of hydrogen-bond acceptors (Lipinski definition) is 2. The lowest BCUT2D eigenvalue weighted by Crippen LogP contribution is -2.51. The number of hydrogen-bond donors (Lipinski definition) is 1. The summed E-state index contributed by atoms with van der Waals surface area (Å²) >= 11 is 0. The van der Waals surface area contributed by atoms with E-state index >= 15 is 0 Å². The van der Waals surface area contributed by atoms with E-state index in [1.54, 1.807) is 0 Å². The molecule has 0 aromatic heterocycles. The molecule has 0 saturated carbocycles. The van der Waals surface area contributed by atoms with Crippen molar-refractivity contribution in [1.82, 2.24) is 0 Å². The predicted octanol–water partition coefficient (Wildman–Crippen LogP) is 2.00. The second kappa shape index (κ2) is 9.47. The van der Waals surface area contributed by atoms with Crippen LogP contribution in [0.25, 0.3) is 0 Å². The van der Waals surface area contributed by atoms with Crippen molar-refractivity contribution >= 4 is 0 Å². The predicted molar refractivity (Wildman–Crippen MR) is 71.4 cm³/mol. The third-order valence-electron chi connectivity index (χ3n) is 3.34. The van der Waals surface area contributed by atoms with E-state index in [1.807, 2.05) is 0 Å². The first-order valence-corrected chi connectivity index (χ1v) is 6.75. The van der Waals surface area contributed by atoms with Gasteiger partial charge in [0, 0.05) is 0 Å². The van der Waals surface area contributed by atoms with Gasteiger partial charge in [0.15, 0.2) is 0 Å². The molecule has 100 valence electrons. The Kier molecular flexibility index (Phi) is 9.16. The summed E-state index contributed by atoms with van der Waals surface area (Å²) in [5.41, 5.74) is 0. The maximum atomic E-state index is 9.17. The van der Waals surface area contributed by atoms with Gasteiger partial charge in [-0.25, -0.2) is 0 Å². The lowest BCUT2D eigenvalue weighted by molar-refractivity contribution is -0.927. The number of terminal acetylenes is 1. The lowest BCUT2D eigenvalue weighted by Gasteiger charge is -2.37. The Bertz CT molecular complexity index is 225. The molecule has 2 atom stereocenters. The average Bonchev–Trinajstić information content (AvgIpc) is 2.35. The van der Waals surface area contributed by atoms with Crippen LogP contribution in [0.5, 0.6) is 0 Å². The Hall–Kier alpha value is -0.560. The molecule has 3 heteroatoms. The number of unbranched alkanes of at least 4 members (excludes halogenated alkanes) is 1. The van der Waals surface area contributed by atoms with E-state index < -0.39 is 6.29 Å². The number of ether oxygens (including phenoxy) is 1. The molecule has 0 aliphatic heterocycles. The first-order chi connectivity index (χ1) is 8.14. The number of nitrogens with zero attached hydrogens (tertiary/aromatic N) is 1. The molecule has 17 heavy (non-hydrogen) atoms. The minimum Gasteiger partial charge on any atom is -0.358 e. The van der Waals surface area contributed by atoms with Crippen LogP contribution in [0.4, 0.5) is 0 Å². The molecular weight excluding hydrogens is 214 g/mol. The van der Waals surface area contributed by atoms with Crippen molar-refractivity contribution in [2.75, 3.05) is 32.8 Å². The Morgan fingerprint density at radius 2 is 1.88 bits per heavy atom. The molecule has 3 nitrogen and oxygen atoms in total. The van der Waals surface area contributed by atoms with Crippen LogP contribution in [0.3, 0.4) is 0 Å². The minimum atomic E-state index is -1.05. The summed E-state index contributed by atoms with van der Waals surface area (Å²) in [5, 5.41) is 9.17. The van der Waals surface area contributed by atoms with Gasteiger partial charge in [0.25, 0.3) is 0 Å². The summed E-state index contributed by atoms with van der Waals surface area (Å²) in [6, 6.07) is 0. The summed E-state index contributed by atoms with van der Waals surface area (Å²) in [6.07, 6.45) is 7.65. The van der Waals surface area contributed by atoms with Crippen LogP contribution in [0, 0.1) is 12.3 Å². The molecule has 0 spiro atoms. The highest BCUT2D eigenvalue weighted by atomic mass is 16.6. The van der Waals surface area contributed by atoms with Crippen molar-refractivity contribution in [3.8, 4) is 12.3 Å². The topological polar surface area (TPSA) is 29.5 Å². The molecule has 0 aromatic rings. The van der Waals surface area contributed by atoms with Crippen LogP contribution >= 0.6 is 0 Å². The van der Waals surface area contributed by atoms with Gasteiger partial charge in [-0.15, -0.1) is 6.42 Å².